The number of anilines is 1. The van der Waals surface area contributed by atoms with Gasteiger partial charge in [-0.15, -0.1) is 0 Å². The Kier molecular flexibility index (Phi) is 3.72. The van der Waals surface area contributed by atoms with Crippen LogP contribution in [0.25, 0.3) is 0 Å². The smallest absolute Gasteiger partial charge is 0.290 e. The molecule has 2 aromatic rings. The number of rotatable bonds is 4. The molecular weight excluding hydrogens is 268 g/mol. The molecule has 0 fully saturated rings. The summed E-state index contributed by atoms with van der Waals surface area (Å²) in [6.07, 6.45) is 4.20. The minimum absolute atomic E-state index is 0.235. The van der Waals surface area contributed by atoms with Gasteiger partial charge in [-0.2, -0.15) is 8.42 Å². The van der Waals surface area contributed by atoms with Crippen LogP contribution in [-0.4, -0.2) is 27.9 Å². The van der Waals surface area contributed by atoms with Gasteiger partial charge in [0.25, 0.3) is 10.1 Å². The van der Waals surface area contributed by atoms with E-state index in [1.54, 1.807) is 25.1 Å². The molecule has 0 saturated heterocycles. The van der Waals surface area contributed by atoms with Crippen molar-refractivity contribution in [1.82, 2.24) is 15.0 Å². The van der Waals surface area contributed by atoms with Crippen LogP contribution in [0.3, 0.4) is 0 Å². The summed E-state index contributed by atoms with van der Waals surface area (Å²) in [6, 6.07) is 4.98. The molecule has 2 N–H and O–H groups in total. The van der Waals surface area contributed by atoms with Gasteiger partial charge in [0.15, 0.2) is 5.37 Å². The minimum Gasteiger partial charge on any atom is -0.348 e. The second-order valence-corrected chi connectivity index (χ2v) is 5.32. The average molecular weight is 280 g/mol. The van der Waals surface area contributed by atoms with Crippen LogP contribution < -0.4 is 5.32 Å². The van der Waals surface area contributed by atoms with E-state index in [0.717, 1.165) is 0 Å². The highest BCUT2D eigenvalue weighted by molar-refractivity contribution is 7.86. The monoisotopic (exact) mass is 280 g/mol. The second kappa shape index (κ2) is 5.29. The topological polar surface area (TPSA) is 105 Å². The van der Waals surface area contributed by atoms with Gasteiger partial charge < -0.3 is 5.32 Å². The molecule has 1 atom stereocenters. The van der Waals surface area contributed by atoms with E-state index in [1.807, 2.05) is 0 Å². The summed E-state index contributed by atoms with van der Waals surface area (Å²) >= 11 is 0. The van der Waals surface area contributed by atoms with Crippen molar-refractivity contribution in [2.45, 2.75) is 12.3 Å². The number of pyridine rings is 1. The molecule has 8 heteroatoms. The van der Waals surface area contributed by atoms with Crippen LogP contribution in [0.5, 0.6) is 0 Å². The van der Waals surface area contributed by atoms with Crippen molar-refractivity contribution >= 4 is 15.9 Å². The van der Waals surface area contributed by atoms with Gasteiger partial charge in [-0.3, -0.25) is 4.55 Å². The molecular formula is C11H12N4O3S. The fraction of sp³-hybridized carbons (Fsp3) is 0.182. The molecule has 100 valence electrons. The van der Waals surface area contributed by atoms with E-state index in [-0.39, 0.29) is 5.56 Å². The summed E-state index contributed by atoms with van der Waals surface area (Å²) < 4.78 is 32.1. The summed E-state index contributed by atoms with van der Waals surface area (Å²) in [4.78, 5) is 11.8. The van der Waals surface area contributed by atoms with Crippen LogP contribution in [0.1, 0.15) is 16.8 Å². The van der Waals surface area contributed by atoms with Crippen LogP contribution >= 0.6 is 0 Å². The zero-order valence-corrected chi connectivity index (χ0v) is 10.9. The number of hydrogen-bond donors (Lipinski definition) is 2. The number of nitrogens with one attached hydrogen (secondary N) is 1. The second-order valence-electron chi connectivity index (χ2n) is 3.82. The van der Waals surface area contributed by atoms with Crippen molar-refractivity contribution in [2.75, 3.05) is 5.32 Å². The maximum absolute atomic E-state index is 11.4. The Morgan fingerprint density at radius 3 is 2.42 bits per heavy atom. The first-order valence-corrected chi connectivity index (χ1v) is 6.89. The maximum Gasteiger partial charge on any atom is 0.290 e. The van der Waals surface area contributed by atoms with E-state index in [4.69, 9.17) is 0 Å². The Morgan fingerprint density at radius 2 is 1.89 bits per heavy atom. The summed E-state index contributed by atoms with van der Waals surface area (Å²) in [5.74, 6) is 0.835. The SMILES string of the molecule is Cc1ncc(C(Nc2ccccn2)S(=O)(=O)O)cn1. The van der Waals surface area contributed by atoms with Gasteiger partial charge in [-0.25, -0.2) is 15.0 Å². The lowest BCUT2D eigenvalue weighted by Crippen LogP contribution is -2.21. The van der Waals surface area contributed by atoms with Crippen molar-refractivity contribution in [2.24, 2.45) is 0 Å². The van der Waals surface area contributed by atoms with Crippen LogP contribution in [0.2, 0.25) is 0 Å². The highest BCUT2D eigenvalue weighted by atomic mass is 32.2. The standard InChI is InChI=1S/C11H12N4O3S/c1-8-13-6-9(7-14-8)11(19(16,17)18)15-10-4-2-3-5-12-10/h2-7,11H,1H3,(H,12,15)(H,16,17,18). The van der Waals surface area contributed by atoms with Gasteiger partial charge in [0.1, 0.15) is 11.6 Å². The van der Waals surface area contributed by atoms with E-state index in [9.17, 15) is 13.0 Å². The summed E-state index contributed by atoms with van der Waals surface area (Å²) in [5.41, 5.74) is 0.235. The quantitative estimate of drug-likeness (QED) is 0.810. The third-order valence-corrected chi connectivity index (χ3v) is 3.33. The molecule has 2 rings (SSSR count). The Labute approximate surface area is 110 Å². The number of hydrogen-bond acceptors (Lipinski definition) is 6. The molecule has 0 bridgehead atoms. The zero-order chi connectivity index (χ0) is 13.9. The van der Waals surface area contributed by atoms with Gasteiger partial charge in [-0.05, 0) is 19.1 Å². The van der Waals surface area contributed by atoms with Crippen molar-refractivity contribution in [3.05, 3.63) is 48.2 Å². The van der Waals surface area contributed by atoms with Gasteiger partial charge in [-0.1, -0.05) is 6.07 Å². The molecule has 0 saturated carbocycles. The lowest BCUT2D eigenvalue weighted by Gasteiger charge is -2.16. The molecule has 0 aromatic carbocycles. The lowest BCUT2D eigenvalue weighted by atomic mass is 10.3. The fourth-order valence-electron chi connectivity index (χ4n) is 1.45. The zero-order valence-electron chi connectivity index (χ0n) is 10.1. The third kappa shape index (κ3) is 3.46. The van der Waals surface area contributed by atoms with Crippen LogP contribution in [0.15, 0.2) is 36.8 Å². The Bertz CT molecular complexity index is 643. The predicted octanol–water partition coefficient (Wildman–Crippen LogP) is 1.18. The van der Waals surface area contributed by atoms with Crippen molar-refractivity contribution < 1.29 is 13.0 Å². The first-order valence-electron chi connectivity index (χ1n) is 5.39. The maximum atomic E-state index is 11.4. The fourth-order valence-corrected chi connectivity index (χ4v) is 2.19. The Balaban J connectivity index is 2.35. The molecule has 0 amide bonds. The summed E-state index contributed by atoms with van der Waals surface area (Å²) in [7, 11) is -4.36. The van der Waals surface area contributed by atoms with Gasteiger partial charge in [0, 0.05) is 24.2 Å². The molecule has 0 aliphatic carbocycles. The van der Waals surface area contributed by atoms with E-state index in [2.05, 4.69) is 20.3 Å². The highest BCUT2D eigenvalue weighted by Crippen LogP contribution is 2.21. The van der Waals surface area contributed by atoms with Crippen LogP contribution in [-0.2, 0) is 10.1 Å². The highest BCUT2D eigenvalue weighted by Gasteiger charge is 2.26. The van der Waals surface area contributed by atoms with E-state index in [0.29, 0.717) is 11.6 Å². The van der Waals surface area contributed by atoms with Crippen LogP contribution in [0, 0.1) is 6.92 Å². The first-order chi connectivity index (χ1) is 8.97. The summed E-state index contributed by atoms with van der Waals surface area (Å²) in [6.45, 7) is 1.68. The molecule has 2 heterocycles. The van der Waals surface area contributed by atoms with Crippen molar-refractivity contribution in [1.29, 1.82) is 0 Å². The molecule has 0 aliphatic heterocycles. The molecule has 0 spiro atoms. The molecule has 7 nitrogen and oxygen atoms in total. The third-order valence-electron chi connectivity index (χ3n) is 2.35. The number of nitrogens with zero attached hydrogens (tertiary/aromatic N) is 3. The average Bonchev–Trinajstić information content (AvgIpc) is 2.37. The normalized spacial score (nSPS) is 12.9. The van der Waals surface area contributed by atoms with Crippen LogP contribution in [0.4, 0.5) is 5.82 Å². The predicted molar refractivity (Wildman–Crippen MR) is 68.9 cm³/mol. The van der Waals surface area contributed by atoms with Gasteiger partial charge >= 0.3 is 0 Å². The van der Waals surface area contributed by atoms with E-state index in [1.165, 1.54) is 18.6 Å². The molecule has 19 heavy (non-hydrogen) atoms. The Morgan fingerprint density at radius 1 is 1.21 bits per heavy atom. The first kappa shape index (κ1) is 13.4. The lowest BCUT2D eigenvalue weighted by molar-refractivity contribution is 0.473. The van der Waals surface area contributed by atoms with Gasteiger partial charge in [0.05, 0.1) is 0 Å². The molecule has 0 radical (unpaired) electrons. The van der Waals surface area contributed by atoms with Gasteiger partial charge in [0.2, 0.25) is 0 Å². The molecule has 1 unspecified atom stereocenters. The van der Waals surface area contributed by atoms with E-state index < -0.39 is 15.5 Å². The van der Waals surface area contributed by atoms with Crippen molar-refractivity contribution in [3.8, 4) is 0 Å². The number of aryl methyl sites for hydroxylation is 1. The van der Waals surface area contributed by atoms with E-state index >= 15 is 0 Å². The Hall–Kier alpha value is -2.06. The number of aromatic nitrogens is 3. The summed E-state index contributed by atoms with van der Waals surface area (Å²) in [5, 5.41) is 1.27. The molecule has 2 aromatic heterocycles. The van der Waals surface area contributed by atoms with Crippen molar-refractivity contribution in [3.63, 3.8) is 0 Å². The minimum atomic E-state index is -4.36. The largest absolute Gasteiger partial charge is 0.348 e. The molecule has 0 aliphatic rings.